The van der Waals surface area contributed by atoms with Crippen LogP contribution in [0.4, 0.5) is 0 Å². The number of hydrogen-bond acceptors (Lipinski definition) is 5. The third-order valence-electron chi connectivity index (χ3n) is 3.26. The van der Waals surface area contributed by atoms with Gasteiger partial charge in [-0.05, 0) is 18.6 Å². The number of rotatable bonds is 7. The standard InChI is InChI=1S/C18H20O5/c1-3-22-18(20)16(19)14-10-7-11-15(17(14)21-2)23-12-13-8-5-4-6-9-13/h4-11,16,19H,3,12H2,1-2H3. The lowest BCUT2D eigenvalue weighted by Gasteiger charge is -2.17. The Bertz CT molecular complexity index is 639. The van der Waals surface area contributed by atoms with E-state index in [1.807, 2.05) is 30.3 Å². The van der Waals surface area contributed by atoms with Crippen LogP contribution in [0, 0.1) is 0 Å². The van der Waals surface area contributed by atoms with Gasteiger partial charge in [0.2, 0.25) is 0 Å². The number of benzene rings is 2. The smallest absolute Gasteiger partial charge is 0.339 e. The average Bonchev–Trinajstić information content (AvgIpc) is 2.60. The van der Waals surface area contributed by atoms with Crippen molar-refractivity contribution < 1.29 is 24.1 Å². The van der Waals surface area contributed by atoms with Crippen molar-refractivity contribution in [1.82, 2.24) is 0 Å². The zero-order valence-corrected chi connectivity index (χ0v) is 13.2. The molecule has 0 aromatic heterocycles. The van der Waals surface area contributed by atoms with E-state index in [1.54, 1.807) is 25.1 Å². The van der Waals surface area contributed by atoms with E-state index < -0.39 is 12.1 Å². The maximum absolute atomic E-state index is 11.7. The molecule has 2 rings (SSSR count). The van der Waals surface area contributed by atoms with E-state index in [0.717, 1.165) is 5.56 Å². The molecule has 1 unspecified atom stereocenters. The van der Waals surface area contributed by atoms with E-state index in [4.69, 9.17) is 14.2 Å². The molecular formula is C18H20O5. The van der Waals surface area contributed by atoms with Crippen LogP contribution in [-0.2, 0) is 16.1 Å². The summed E-state index contributed by atoms with van der Waals surface area (Å²) in [5.74, 6) is 0.0622. The van der Waals surface area contributed by atoms with Crippen LogP contribution in [0.5, 0.6) is 11.5 Å². The first-order valence-electron chi connectivity index (χ1n) is 7.35. The number of hydrogen-bond donors (Lipinski definition) is 1. The lowest BCUT2D eigenvalue weighted by Crippen LogP contribution is -2.16. The van der Waals surface area contributed by atoms with E-state index in [2.05, 4.69) is 0 Å². The number of aliphatic hydroxyl groups is 1. The summed E-state index contributed by atoms with van der Waals surface area (Å²) < 4.78 is 15.9. The van der Waals surface area contributed by atoms with E-state index in [-0.39, 0.29) is 6.61 Å². The number of para-hydroxylation sites is 1. The molecule has 122 valence electrons. The van der Waals surface area contributed by atoms with Gasteiger partial charge in [0.15, 0.2) is 17.6 Å². The van der Waals surface area contributed by atoms with Gasteiger partial charge in [-0.15, -0.1) is 0 Å². The highest BCUT2D eigenvalue weighted by molar-refractivity contribution is 5.77. The largest absolute Gasteiger partial charge is 0.492 e. The molecule has 2 aromatic rings. The highest BCUT2D eigenvalue weighted by Crippen LogP contribution is 2.35. The first-order valence-corrected chi connectivity index (χ1v) is 7.35. The molecule has 1 atom stereocenters. The van der Waals surface area contributed by atoms with Gasteiger partial charge in [-0.1, -0.05) is 42.5 Å². The second-order valence-corrected chi connectivity index (χ2v) is 4.81. The van der Waals surface area contributed by atoms with Gasteiger partial charge in [0.05, 0.1) is 13.7 Å². The molecule has 0 saturated carbocycles. The number of carbonyl (C=O) groups excluding carboxylic acids is 1. The second kappa shape index (κ2) is 8.19. The van der Waals surface area contributed by atoms with Crippen LogP contribution in [-0.4, -0.2) is 24.8 Å². The molecule has 0 heterocycles. The summed E-state index contributed by atoms with van der Waals surface area (Å²) >= 11 is 0. The van der Waals surface area contributed by atoms with Crippen LogP contribution in [0.15, 0.2) is 48.5 Å². The van der Waals surface area contributed by atoms with E-state index in [9.17, 15) is 9.90 Å². The summed E-state index contributed by atoms with van der Waals surface area (Å²) in [6.45, 7) is 2.24. The fourth-order valence-electron chi connectivity index (χ4n) is 2.16. The summed E-state index contributed by atoms with van der Waals surface area (Å²) in [7, 11) is 1.46. The van der Waals surface area contributed by atoms with Crippen LogP contribution in [0.1, 0.15) is 24.2 Å². The van der Waals surface area contributed by atoms with E-state index >= 15 is 0 Å². The Morgan fingerprint density at radius 2 is 1.87 bits per heavy atom. The minimum atomic E-state index is -1.41. The molecule has 0 spiro atoms. The summed E-state index contributed by atoms with van der Waals surface area (Å²) in [4.78, 5) is 11.7. The predicted octanol–water partition coefficient (Wildman–Crippen LogP) is 2.87. The number of methoxy groups -OCH3 is 1. The first-order chi connectivity index (χ1) is 11.2. The number of aliphatic hydroxyl groups excluding tert-OH is 1. The van der Waals surface area contributed by atoms with Gasteiger partial charge in [0.25, 0.3) is 0 Å². The lowest BCUT2D eigenvalue weighted by molar-refractivity contribution is -0.153. The van der Waals surface area contributed by atoms with Gasteiger partial charge in [-0.25, -0.2) is 4.79 Å². The fourth-order valence-corrected chi connectivity index (χ4v) is 2.16. The fraction of sp³-hybridized carbons (Fsp3) is 0.278. The normalized spacial score (nSPS) is 11.6. The molecule has 23 heavy (non-hydrogen) atoms. The molecule has 0 aliphatic heterocycles. The molecule has 5 nitrogen and oxygen atoms in total. The number of carbonyl (C=O) groups is 1. The number of ether oxygens (including phenoxy) is 3. The van der Waals surface area contributed by atoms with Gasteiger partial charge in [-0.2, -0.15) is 0 Å². The molecule has 0 aliphatic rings. The maximum Gasteiger partial charge on any atom is 0.339 e. The minimum absolute atomic E-state index is 0.197. The third kappa shape index (κ3) is 4.23. The van der Waals surface area contributed by atoms with Crippen molar-refractivity contribution in [3.05, 3.63) is 59.7 Å². The van der Waals surface area contributed by atoms with Gasteiger partial charge < -0.3 is 19.3 Å². The van der Waals surface area contributed by atoms with Crippen LogP contribution in [0.3, 0.4) is 0 Å². The van der Waals surface area contributed by atoms with Crippen LogP contribution >= 0.6 is 0 Å². The Balaban J connectivity index is 2.20. The third-order valence-corrected chi connectivity index (χ3v) is 3.26. The van der Waals surface area contributed by atoms with Crippen molar-refractivity contribution in [2.24, 2.45) is 0 Å². The lowest BCUT2D eigenvalue weighted by atomic mass is 10.1. The van der Waals surface area contributed by atoms with Crippen molar-refractivity contribution in [3.63, 3.8) is 0 Å². The van der Waals surface area contributed by atoms with Crippen LogP contribution < -0.4 is 9.47 Å². The Morgan fingerprint density at radius 1 is 1.13 bits per heavy atom. The van der Waals surface area contributed by atoms with E-state index in [0.29, 0.717) is 23.7 Å². The first kappa shape index (κ1) is 16.8. The quantitative estimate of drug-likeness (QED) is 0.796. The summed E-state index contributed by atoms with van der Waals surface area (Å²) in [5.41, 5.74) is 1.32. The zero-order valence-electron chi connectivity index (χ0n) is 13.2. The molecule has 0 saturated heterocycles. The van der Waals surface area contributed by atoms with Crippen molar-refractivity contribution in [1.29, 1.82) is 0 Å². The van der Waals surface area contributed by atoms with Crippen molar-refractivity contribution in [3.8, 4) is 11.5 Å². The molecular weight excluding hydrogens is 296 g/mol. The van der Waals surface area contributed by atoms with Crippen LogP contribution in [0.25, 0.3) is 0 Å². The highest BCUT2D eigenvalue weighted by Gasteiger charge is 2.24. The summed E-state index contributed by atoms with van der Waals surface area (Å²) in [6.07, 6.45) is -1.41. The number of esters is 1. The Hall–Kier alpha value is -2.53. The Kier molecular flexibility index (Phi) is 6.00. The van der Waals surface area contributed by atoms with Gasteiger partial charge in [0.1, 0.15) is 6.61 Å². The molecule has 0 aliphatic carbocycles. The van der Waals surface area contributed by atoms with Crippen molar-refractivity contribution >= 4 is 5.97 Å². The van der Waals surface area contributed by atoms with Crippen molar-refractivity contribution in [2.75, 3.05) is 13.7 Å². The van der Waals surface area contributed by atoms with Gasteiger partial charge in [0, 0.05) is 5.56 Å². The predicted molar refractivity (Wildman–Crippen MR) is 85.4 cm³/mol. The maximum atomic E-state index is 11.7. The van der Waals surface area contributed by atoms with E-state index in [1.165, 1.54) is 7.11 Å². The summed E-state index contributed by atoms with van der Waals surface area (Å²) in [5, 5.41) is 10.1. The van der Waals surface area contributed by atoms with Gasteiger partial charge in [-0.3, -0.25) is 0 Å². The SMILES string of the molecule is CCOC(=O)C(O)c1cccc(OCc2ccccc2)c1OC. The topological polar surface area (TPSA) is 65.0 Å². The molecule has 0 radical (unpaired) electrons. The molecule has 0 fully saturated rings. The highest BCUT2D eigenvalue weighted by atomic mass is 16.5. The summed E-state index contributed by atoms with van der Waals surface area (Å²) in [6, 6.07) is 14.7. The molecule has 1 N–H and O–H groups in total. The van der Waals surface area contributed by atoms with Crippen LogP contribution in [0.2, 0.25) is 0 Å². The average molecular weight is 316 g/mol. The molecule has 0 amide bonds. The molecule has 5 heteroatoms. The van der Waals surface area contributed by atoms with Crippen molar-refractivity contribution in [2.45, 2.75) is 19.6 Å². The Labute approximate surface area is 135 Å². The molecule has 0 bridgehead atoms. The monoisotopic (exact) mass is 316 g/mol. The molecule has 2 aromatic carbocycles. The zero-order chi connectivity index (χ0) is 16.7. The Morgan fingerprint density at radius 3 is 2.52 bits per heavy atom. The van der Waals surface area contributed by atoms with Gasteiger partial charge >= 0.3 is 5.97 Å². The second-order valence-electron chi connectivity index (χ2n) is 4.81. The minimum Gasteiger partial charge on any atom is -0.492 e.